The van der Waals surface area contributed by atoms with Crippen LogP contribution in [0.4, 0.5) is 0 Å². The third-order valence-corrected chi connectivity index (χ3v) is 3.90. The summed E-state index contributed by atoms with van der Waals surface area (Å²) in [6.07, 6.45) is 0.211. The first-order chi connectivity index (χ1) is 9.97. The third-order valence-electron chi connectivity index (χ3n) is 3.58. The summed E-state index contributed by atoms with van der Waals surface area (Å²) in [5.74, 6) is -0.433. The Hall–Kier alpha value is -1.79. The summed E-state index contributed by atoms with van der Waals surface area (Å²) in [5.41, 5.74) is 5.76. The lowest BCUT2D eigenvalue weighted by Gasteiger charge is -2.22. The summed E-state index contributed by atoms with van der Waals surface area (Å²) in [5, 5.41) is 0.414. The van der Waals surface area contributed by atoms with Crippen molar-refractivity contribution >= 4 is 23.4 Å². The number of amides is 2. The molecule has 1 saturated heterocycles. The second-order valence-corrected chi connectivity index (χ2v) is 5.23. The maximum absolute atomic E-state index is 12.6. The highest BCUT2D eigenvalue weighted by Gasteiger charge is 2.39. The van der Waals surface area contributed by atoms with Gasteiger partial charge in [-0.2, -0.15) is 0 Å². The molecule has 2 N–H and O–H groups in total. The fourth-order valence-electron chi connectivity index (χ4n) is 2.42. The number of halogens is 1. The number of benzene rings is 1. The number of hydrogen-bond donors (Lipinski definition) is 1. The Bertz CT molecular complexity index is 564. The average molecular weight is 313 g/mol. The van der Waals surface area contributed by atoms with Gasteiger partial charge in [0.15, 0.2) is 0 Å². The average Bonchev–Trinajstić information content (AvgIpc) is 2.91. The standard InChI is InChI=1S/C14H17ClN2O4/c1-20-9-6-11(13(16)18)17(7-9)14(19)8-3-4-10(15)12(5-8)21-2/h3-5,9,11H,6-7H2,1-2H3,(H2,16,18)/t9-,11-/m0/s1. The summed E-state index contributed by atoms with van der Waals surface area (Å²) in [6.45, 7) is 0.327. The van der Waals surface area contributed by atoms with E-state index in [-0.39, 0.29) is 12.0 Å². The fraction of sp³-hybridized carbons (Fsp3) is 0.429. The molecule has 1 aliphatic heterocycles. The predicted octanol–water partition coefficient (Wildman–Crippen LogP) is 1.06. The first-order valence-electron chi connectivity index (χ1n) is 6.44. The number of carbonyl (C=O) groups excluding carboxylic acids is 2. The molecule has 6 nitrogen and oxygen atoms in total. The number of hydrogen-bond acceptors (Lipinski definition) is 4. The van der Waals surface area contributed by atoms with E-state index in [1.807, 2.05) is 0 Å². The minimum absolute atomic E-state index is 0.194. The molecule has 0 unspecified atom stereocenters. The molecule has 21 heavy (non-hydrogen) atoms. The number of primary amides is 1. The summed E-state index contributed by atoms with van der Waals surface area (Å²) in [4.78, 5) is 25.5. The zero-order valence-corrected chi connectivity index (χ0v) is 12.6. The summed E-state index contributed by atoms with van der Waals surface area (Å²) in [6, 6.07) is 4.05. The zero-order valence-electron chi connectivity index (χ0n) is 11.8. The van der Waals surface area contributed by atoms with Crippen LogP contribution >= 0.6 is 11.6 Å². The quantitative estimate of drug-likeness (QED) is 0.901. The van der Waals surface area contributed by atoms with Crippen LogP contribution in [0, 0.1) is 0 Å². The topological polar surface area (TPSA) is 81.9 Å². The lowest BCUT2D eigenvalue weighted by molar-refractivity contribution is -0.121. The van der Waals surface area contributed by atoms with E-state index >= 15 is 0 Å². The van der Waals surface area contributed by atoms with E-state index in [1.54, 1.807) is 25.3 Å². The number of carbonyl (C=O) groups is 2. The molecule has 1 fully saturated rings. The van der Waals surface area contributed by atoms with Gasteiger partial charge in [-0.3, -0.25) is 9.59 Å². The van der Waals surface area contributed by atoms with Crippen LogP contribution in [0.25, 0.3) is 0 Å². The van der Waals surface area contributed by atoms with Gasteiger partial charge in [-0.15, -0.1) is 0 Å². The van der Waals surface area contributed by atoms with Crippen LogP contribution in [-0.4, -0.2) is 49.6 Å². The fourth-order valence-corrected chi connectivity index (χ4v) is 2.62. The molecular weight excluding hydrogens is 296 g/mol. The third kappa shape index (κ3) is 3.11. The van der Waals surface area contributed by atoms with Crippen LogP contribution in [0.2, 0.25) is 5.02 Å². The monoisotopic (exact) mass is 312 g/mol. The van der Waals surface area contributed by atoms with Crippen molar-refractivity contribution in [3.8, 4) is 5.75 Å². The van der Waals surface area contributed by atoms with E-state index in [0.29, 0.717) is 29.3 Å². The first-order valence-corrected chi connectivity index (χ1v) is 6.82. The van der Waals surface area contributed by atoms with Crippen molar-refractivity contribution in [2.45, 2.75) is 18.6 Å². The molecule has 2 atom stereocenters. The lowest BCUT2D eigenvalue weighted by atomic mass is 10.1. The van der Waals surface area contributed by atoms with Crippen molar-refractivity contribution in [1.29, 1.82) is 0 Å². The van der Waals surface area contributed by atoms with Gasteiger partial charge in [0.05, 0.1) is 18.2 Å². The normalized spacial score (nSPS) is 21.4. The minimum Gasteiger partial charge on any atom is -0.495 e. The molecule has 1 aliphatic rings. The van der Waals surface area contributed by atoms with Gasteiger partial charge in [0.2, 0.25) is 5.91 Å². The molecule has 1 aromatic carbocycles. The van der Waals surface area contributed by atoms with Crippen molar-refractivity contribution in [2.75, 3.05) is 20.8 Å². The Morgan fingerprint density at radius 1 is 1.38 bits per heavy atom. The summed E-state index contributed by atoms with van der Waals surface area (Å²) >= 11 is 5.94. The van der Waals surface area contributed by atoms with Gasteiger partial charge >= 0.3 is 0 Å². The molecule has 2 rings (SSSR count). The summed E-state index contributed by atoms with van der Waals surface area (Å²) in [7, 11) is 3.01. The maximum atomic E-state index is 12.6. The van der Waals surface area contributed by atoms with E-state index in [2.05, 4.69) is 0 Å². The van der Waals surface area contributed by atoms with E-state index < -0.39 is 11.9 Å². The van der Waals surface area contributed by atoms with Crippen molar-refractivity contribution < 1.29 is 19.1 Å². The number of methoxy groups -OCH3 is 2. The number of rotatable bonds is 4. The zero-order chi connectivity index (χ0) is 15.6. The van der Waals surface area contributed by atoms with E-state index in [9.17, 15) is 9.59 Å². The van der Waals surface area contributed by atoms with Crippen molar-refractivity contribution in [2.24, 2.45) is 5.73 Å². The molecule has 2 amide bonds. The van der Waals surface area contributed by atoms with Crippen LogP contribution < -0.4 is 10.5 Å². The molecule has 114 valence electrons. The number of nitrogens with two attached hydrogens (primary N) is 1. The highest BCUT2D eigenvalue weighted by Crippen LogP contribution is 2.28. The molecule has 0 saturated carbocycles. The van der Waals surface area contributed by atoms with Crippen LogP contribution in [0.1, 0.15) is 16.8 Å². The SMILES string of the molecule is COc1cc(C(=O)N2C[C@@H](OC)C[C@H]2C(N)=O)ccc1Cl. The van der Waals surface area contributed by atoms with E-state index in [0.717, 1.165) is 0 Å². The molecule has 0 aromatic heterocycles. The van der Waals surface area contributed by atoms with Gasteiger partial charge in [0.25, 0.3) is 5.91 Å². The largest absolute Gasteiger partial charge is 0.495 e. The van der Waals surface area contributed by atoms with Gasteiger partial charge < -0.3 is 20.1 Å². The van der Waals surface area contributed by atoms with E-state index in [4.69, 9.17) is 26.8 Å². The highest BCUT2D eigenvalue weighted by molar-refractivity contribution is 6.32. The Labute approximate surface area is 127 Å². The molecule has 0 bridgehead atoms. The highest BCUT2D eigenvalue weighted by atomic mass is 35.5. The number of nitrogens with zero attached hydrogens (tertiary/aromatic N) is 1. The van der Waals surface area contributed by atoms with Crippen molar-refractivity contribution in [1.82, 2.24) is 4.90 Å². The molecule has 1 aromatic rings. The van der Waals surface area contributed by atoms with Crippen LogP contribution in [0.3, 0.4) is 0 Å². The minimum atomic E-state index is -0.663. The Kier molecular flexibility index (Phi) is 4.69. The molecule has 1 heterocycles. The lowest BCUT2D eigenvalue weighted by Crippen LogP contribution is -2.43. The smallest absolute Gasteiger partial charge is 0.254 e. The molecule has 0 radical (unpaired) electrons. The Morgan fingerprint density at radius 2 is 2.10 bits per heavy atom. The second kappa shape index (κ2) is 6.32. The Morgan fingerprint density at radius 3 is 2.67 bits per heavy atom. The van der Waals surface area contributed by atoms with Gasteiger partial charge in [0.1, 0.15) is 11.8 Å². The number of ether oxygens (including phenoxy) is 2. The van der Waals surface area contributed by atoms with Crippen LogP contribution in [0.15, 0.2) is 18.2 Å². The van der Waals surface area contributed by atoms with Gasteiger partial charge in [-0.1, -0.05) is 11.6 Å². The molecular formula is C14H17ClN2O4. The predicted molar refractivity (Wildman–Crippen MR) is 77.4 cm³/mol. The van der Waals surface area contributed by atoms with Gasteiger partial charge in [-0.05, 0) is 18.2 Å². The number of likely N-dealkylation sites (tertiary alicyclic amines) is 1. The summed E-state index contributed by atoms with van der Waals surface area (Å²) < 4.78 is 10.3. The molecule has 0 aliphatic carbocycles. The van der Waals surface area contributed by atoms with Crippen LogP contribution in [0.5, 0.6) is 5.75 Å². The Balaban J connectivity index is 2.27. The van der Waals surface area contributed by atoms with Crippen molar-refractivity contribution in [3.63, 3.8) is 0 Å². The van der Waals surface area contributed by atoms with Gasteiger partial charge in [0, 0.05) is 25.6 Å². The maximum Gasteiger partial charge on any atom is 0.254 e. The molecule has 0 spiro atoms. The second-order valence-electron chi connectivity index (χ2n) is 4.82. The van der Waals surface area contributed by atoms with Crippen molar-refractivity contribution in [3.05, 3.63) is 28.8 Å². The first kappa shape index (κ1) is 15.6. The van der Waals surface area contributed by atoms with Gasteiger partial charge in [-0.25, -0.2) is 0 Å². The van der Waals surface area contributed by atoms with E-state index in [1.165, 1.54) is 12.0 Å². The molecule has 7 heteroatoms. The van der Waals surface area contributed by atoms with Crippen LogP contribution in [-0.2, 0) is 9.53 Å².